The molecule has 1 fully saturated rings. The average Bonchev–Trinajstić information content (AvgIpc) is 2.81. The molecule has 34 heavy (non-hydrogen) atoms. The Morgan fingerprint density at radius 3 is 2.24 bits per heavy atom. The van der Waals surface area contributed by atoms with Gasteiger partial charge in [-0.1, -0.05) is 54.1 Å². The third kappa shape index (κ3) is 5.91. The van der Waals surface area contributed by atoms with Gasteiger partial charge < -0.3 is 0 Å². The minimum atomic E-state index is -3.64. The lowest BCUT2D eigenvalue weighted by Gasteiger charge is -2.39. The first-order valence-electron chi connectivity index (χ1n) is 11.8. The van der Waals surface area contributed by atoms with Gasteiger partial charge in [-0.3, -0.25) is 14.8 Å². The van der Waals surface area contributed by atoms with Gasteiger partial charge in [0.1, 0.15) is 0 Å². The summed E-state index contributed by atoms with van der Waals surface area (Å²) in [7, 11) is -3.64. The number of aromatic nitrogens is 1. The molecule has 1 saturated heterocycles. The molecule has 7 heteroatoms. The van der Waals surface area contributed by atoms with Crippen molar-refractivity contribution in [3.05, 3.63) is 94.8 Å². The first kappa shape index (κ1) is 24.5. The molecule has 4 rings (SSSR count). The van der Waals surface area contributed by atoms with Gasteiger partial charge in [-0.05, 0) is 49.1 Å². The number of sulfonamides is 1. The summed E-state index contributed by atoms with van der Waals surface area (Å²) in [6, 6.07) is 18.2. The average molecular weight is 479 g/mol. The summed E-state index contributed by atoms with van der Waals surface area (Å²) >= 11 is 0. The molecule has 2 aromatic carbocycles. The summed E-state index contributed by atoms with van der Waals surface area (Å²) in [6.07, 6.45) is 3.60. The topological polar surface area (TPSA) is 65.5 Å². The molecule has 6 nitrogen and oxygen atoms in total. The number of aryl methyl sites for hydroxylation is 3. The SMILES string of the molecule is Cc1cc(C)c(S(=O)(=O)NC[C@H](c2cccnc2)N2CCN(Cc3ccccc3)CC2)c(C)c1. The zero-order valence-corrected chi connectivity index (χ0v) is 21.1. The third-order valence-electron chi connectivity index (χ3n) is 6.51. The second-order valence-corrected chi connectivity index (χ2v) is 10.9. The van der Waals surface area contributed by atoms with Crippen LogP contribution in [0.15, 0.2) is 71.9 Å². The van der Waals surface area contributed by atoms with Gasteiger partial charge in [0.2, 0.25) is 10.0 Å². The molecule has 0 radical (unpaired) electrons. The predicted molar refractivity (Wildman–Crippen MR) is 136 cm³/mol. The molecule has 0 aliphatic carbocycles. The minimum Gasteiger partial charge on any atom is -0.297 e. The third-order valence-corrected chi connectivity index (χ3v) is 8.23. The molecule has 1 N–H and O–H groups in total. The molecule has 1 atom stereocenters. The summed E-state index contributed by atoms with van der Waals surface area (Å²) < 4.78 is 29.5. The van der Waals surface area contributed by atoms with Crippen LogP contribution in [0, 0.1) is 20.8 Å². The van der Waals surface area contributed by atoms with E-state index in [0.29, 0.717) is 11.4 Å². The van der Waals surface area contributed by atoms with Crippen LogP contribution in [0.1, 0.15) is 33.9 Å². The summed E-state index contributed by atoms with van der Waals surface area (Å²) in [5, 5.41) is 0. The van der Waals surface area contributed by atoms with E-state index in [-0.39, 0.29) is 6.04 Å². The van der Waals surface area contributed by atoms with Crippen LogP contribution in [0.3, 0.4) is 0 Å². The summed E-state index contributed by atoms with van der Waals surface area (Å²) in [5.74, 6) is 0. The highest BCUT2D eigenvalue weighted by Crippen LogP contribution is 2.25. The van der Waals surface area contributed by atoms with E-state index in [1.165, 1.54) is 5.56 Å². The maximum absolute atomic E-state index is 13.3. The van der Waals surface area contributed by atoms with Crippen molar-refractivity contribution in [1.82, 2.24) is 19.5 Å². The Kier molecular flexibility index (Phi) is 7.78. The van der Waals surface area contributed by atoms with E-state index in [9.17, 15) is 8.42 Å². The lowest BCUT2D eigenvalue weighted by atomic mass is 10.1. The Balaban J connectivity index is 1.47. The number of pyridine rings is 1. The van der Waals surface area contributed by atoms with E-state index in [1.54, 1.807) is 6.20 Å². The van der Waals surface area contributed by atoms with E-state index in [0.717, 1.165) is 55.0 Å². The molecule has 1 aromatic heterocycles. The Labute approximate surface area is 203 Å². The number of hydrogen-bond acceptors (Lipinski definition) is 5. The number of nitrogens with one attached hydrogen (secondary N) is 1. The Morgan fingerprint density at radius 2 is 1.62 bits per heavy atom. The lowest BCUT2D eigenvalue weighted by molar-refractivity contribution is 0.0927. The van der Waals surface area contributed by atoms with E-state index in [2.05, 4.69) is 43.8 Å². The number of hydrogen-bond donors (Lipinski definition) is 1. The second-order valence-electron chi connectivity index (χ2n) is 9.18. The highest BCUT2D eigenvalue weighted by Gasteiger charge is 2.28. The van der Waals surface area contributed by atoms with Gasteiger partial charge in [0, 0.05) is 57.7 Å². The molecule has 0 spiro atoms. The van der Waals surface area contributed by atoms with Crippen molar-refractivity contribution in [2.45, 2.75) is 38.3 Å². The Morgan fingerprint density at radius 1 is 0.941 bits per heavy atom. The molecule has 180 valence electrons. The van der Waals surface area contributed by atoms with Gasteiger partial charge in [-0.2, -0.15) is 0 Å². The van der Waals surface area contributed by atoms with Gasteiger partial charge in [-0.15, -0.1) is 0 Å². The highest BCUT2D eigenvalue weighted by atomic mass is 32.2. The number of rotatable bonds is 8. The zero-order valence-electron chi connectivity index (χ0n) is 20.2. The summed E-state index contributed by atoms with van der Waals surface area (Å²) in [6.45, 7) is 10.6. The van der Waals surface area contributed by atoms with E-state index < -0.39 is 10.0 Å². The van der Waals surface area contributed by atoms with Crippen molar-refractivity contribution in [1.29, 1.82) is 0 Å². The van der Waals surface area contributed by atoms with Crippen LogP contribution in [-0.4, -0.2) is 55.9 Å². The lowest BCUT2D eigenvalue weighted by Crippen LogP contribution is -2.49. The number of piperazine rings is 1. The first-order chi connectivity index (χ1) is 16.3. The van der Waals surface area contributed by atoms with Crippen LogP contribution >= 0.6 is 0 Å². The molecule has 1 aliphatic heterocycles. The van der Waals surface area contributed by atoms with Crippen molar-refractivity contribution in [3.8, 4) is 0 Å². The smallest absolute Gasteiger partial charge is 0.241 e. The fourth-order valence-corrected chi connectivity index (χ4v) is 6.44. The predicted octanol–water partition coefficient (Wildman–Crippen LogP) is 3.84. The number of nitrogens with zero attached hydrogens (tertiary/aromatic N) is 3. The second kappa shape index (κ2) is 10.8. The van der Waals surface area contributed by atoms with Gasteiger partial charge >= 0.3 is 0 Å². The number of benzene rings is 2. The van der Waals surface area contributed by atoms with Crippen LogP contribution in [0.5, 0.6) is 0 Å². The van der Waals surface area contributed by atoms with Gasteiger partial charge in [-0.25, -0.2) is 13.1 Å². The highest BCUT2D eigenvalue weighted by molar-refractivity contribution is 7.89. The fraction of sp³-hybridized carbons (Fsp3) is 0.370. The molecule has 0 unspecified atom stereocenters. The molecule has 3 aromatic rings. The van der Waals surface area contributed by atoms with Crippen LogP contribution in [0.2, 0.25) is 0 Å². The van der Waals surface area contributed by atoms with E-state index >= 15 is 0 Å². The summed E-state index contributed by atoms with van der Waals surface area (Å²) in [4.78, 5) is 9.51. The van der Waals surface area contributed by atoms with Gasteiger partial charge in [0.05, 0.1) is 4.90 Å². The van der Waals surface area contributed by atoms with Gasteiger partial charge in [0.15, 0.2) is 0 Å². The van der Waals surface area contributed by atoms with Crippen molar-refractivity contribution < 1.29 is 8.42 Å². The zero-order chi connectivity index (χ0) is 24.1. The van der Waals surface area contributed by atoms with Crippen molar-refractivity contribution in [2.24, 2.45) is 0 Å². The Hall–Kier alpha value is -2.58. The van der Waals surface area contributed by atoms with Crippen molar-refractivity contribution in [2.75, 3.05) is 32.7 Å². The maximum Gasteiger partial charge on any atom is 0.241 e. The van der Waals surface area contributed by atoms with Crippen LogP contribution in [0.25, 0.3) is 0 Å². The standard InChI is InChI=1S/C27H34N4O2S/c1-21-16-22(2)27(23(3)17-21)34(32,33)29-19-26(25-10-7-11-28-18-25)31-14-12-30(13-15-31)20-24-8-5-4-6-9-24/h4-11,16-18,26,29H,12-15,19-20H2,1-3H3/t26-/m1/s1. The van der Waals surface area contributed by atoms with E-state index in [1.807, 2.05) is 57.3 Å². The first-order valence-corrected chi connectivity index (χ1v) is 13.3. The maximum atomic E-state index is 13.3. The Bertz CT molecular complexity index is 1170. The van der Waals surface area contributed by atoms with Crippen molar-refractivity contribution in [3.63, 3.8) is 0 Å². The quantitative estimate of drug-likeness (QED) is 0.533. The molecule has 2 heterocycles. The molecule has 1 aliphatic rings. The summed E-state index contributed by atoms with van der Waals surface area (Å²) in [5.41, 5.74) is 4.96. The fourth-order valence-electron chi connectivity index (χ4n) is 4.96. The minimum absolute atomic E-state index is 0.0755. The molecule has 0 amide bonds. The molecular formula is C27H34N4O2S. The van der Waals surface area contributed by atoms with Crippen molar-refractivity contribution >= 4 is 10.0 Å². The van der Waals surface area contributed by atoms with Gasteiger partial charge in [0.25, 0.3) is 0 Å². The normalized spacial score (nSPS) is 16.4. The van der Waals surface area contributed by atoms with Crippen LogP contribution < -0.4 is 4.72 Å². The monoisotopic (exact) mass is 478 g/mol. The van der Waals surface area contributed by atoms with Crippen LogP contribution in [-0.2, 0) is 16.6 Å². The molecule has 0 bridgehead atoms. The molecule has 0 saturated carbocycles. The van der Waals surface area contributed by atoms with Crippen LogP contribution in [0.4, 0.5) is 0 Å². The largest absolute Gasteiger partial charge is 0.297 e. The molecular weight excluding hydrogens is 444 g/mol. The van der Waals surface area contributed by atoms with E-state index in [4.69, 9.17) is 0 Å².